The fourth-order valence-electron chi connectivity index (χ4n) is 2.45. The number of halogens is 1. The third-order valence-electron chi connectivity index (χ3n) is 3.65. The molecule has 0 spiro atoms. The Labute approximate surface area is 135 Å². The van der Waals surface area contributed by atoms with Gasteiger partial charge in [0, 0.05) is 17.1 Å². The first-order valence-electron chi connectivity index (χ1n) is 7.63. The summed E-state index contributed by atoms with van der Waals surface area (Å²) in [6.07, 6.45) is 7.98. The van der Waals surface area contributed by atoms with E-state index < -0.39 is 0 Å². The minimum atomic E-state index is -0.298. The molecule has 1 aliphatic rings. The molecule has 1 aromatic carbocycles. The predicted octanol–water partition coefficient (Wildman–Crippen LogP) is 3.08. The number of benzene rings is 1. The van der Waals surface area contributed by atoms with Gasteiger partial charge in [0.25, 0.3) is 5.91 Å². The number of rotatable bonds is 6. The molecule has 1 aliphatic carbocycles. The van der Waals surface area contributed by atoms with Gasteiger partial charge in [-0.05, 0) is 50.3 Å². The van der Waals surface area contributed by atoms with Crippen LogP contribution in [0.2, 0.25) is 5.02 Å². The Hall–Kier alpha value is -1.81. The molecule has 0 bridgehead atoms. The molecule has 2 N–H and O–H groups in total. The Morgan fingerprint density at radius 2 is 2.05 bits per heavy atom. The van der Waals surface area contributed by atoms with Gasteiger partial charge >= 0.3 is 0 Å². The Bertz CT molecular complexity index is 570. The van der Waals surface area contributed by atoms with Gasteiger partial charge in [-0.3, -0.25) is 9.59 Å². The van der Waals surface area contributed by atoms with Crippen molar-refractivity contribution in [3.05, 3.63) is 46.5 Å². The summed E-state index contributed by atoms with van der Waals surface area (Å²) >= 11 is 5.83. The molecule has 0 aromatic heterocycles. The largest absolute Gasteiger partial charge is 0.354 e. The average molecular weight is 321 g/mol. The minimum Gasteiger partial charge on any atom is -0.354 e. The van der Waals surface area contributed by atoms with Crippen molar-refractivity contribution in [3.63, 3.8) is 0 Å². The molecule has 0 fully saturated rings. The van der Waals surface area contributed by atoms with Crippen molar-refractivity contribution < 1.29 is 9.59 Å². The van der Waals surface area contributed by atoms with Crippen LogP contribution in [0, 0.1) is 0 Å². The number of nitrogens with one attached hydrogen (secondary N) is 2. The lowest BCUT2D eigenvalue weighted by Gasteiger charge is -2.13. The lowest BCUT2D eigenvalue weighted by molar-refractivity contribution is -0.120. The summed E-state index contributed by atoms with van der Waals surface area (Å²) < 4.78 is 0. The summed E-state index contributed by atoms with van der Waals surface area (Å²) in [5, 5.41) is 5.92. The summed E-state index contributed by atoms with van der Waals surface area (Å²) in [6.45, 7) is 0.599. The normalized spacial score (nSPS) is 14.1. The molecule has 4 nitrogen and oxygen atoms in total. The molecule has 0 aliphatic heterocycles. The predicted molar refractivity (Wildman–Crippen MR) is 88.0 cm³/mol. The van der Waals surface area contributed by atoms with Gasteiger partial charge in [-0.15, -0.1) is 0 Å². The van der Waals surface area contributed by atoms with E-state index in [0.717, 1.165) is 19.3 Å². The highest BCUT2D eigenvalue weighted by molar-refractivity contribution is 6.30. The number of hydrogen-bond acceptors (Lipinski definition) is 2. The van der Waals surface area contributed by atoms with Gasteiger partial charge < -0.3 is 10.6 Å². The number of hydrogen-bond donors (Lipinski definition) is 2. The molecule has 0 saturated heterocycles. The van der Waals surface area contributed by atoms with E-state index >= 15 is 0 Å². The van der Waals surface area contributed by atoms with E-state index in [2.05, 4.69) is 16.7 Å². The third kappa shape index (κ3) is 5.53. The van der Waals surface area contributed by atoms with E-state index in [1.165, 1.54) is 18.4 Å². The van der Waals surface area contributed by atoms with E-state index in [1.807, 2.05) is 0 Å². The third-order valence-corrected chi connectivity index (χ3v) is 3.88. The molecule has 0 saturated carbocycles. The maximum atomic E-state index is 11.9. The van der Waals surface area contributed by atoms with Gasteiger partial charge in [-0.25, -0.2) is 0 Å². The first-order valence-corrected chi connectivity index (χ1v) is 8.01. The van der Waals surface area contributed by atoms with E-state index in [1.54, 1.807) is 24.3 Å². The zero-order valence-corrected chi connectivity index (χ0v) is 13.3. The van der Waals surface area contributed by atoms with Gasteiger partial charge in [-0.2, -0.15) is 0 Å². The van der Waals surface area contributed by atoms with Crippen LogP contribution in [0.5, 0.6) is 0 Å². The molecular formula is C17H21ClN2O2. The van der Waals surface area contributed by atoms with Crippen molar-refractivity contribution in [3.8, 4) is 0 Å². The zero-order valence-electron chi connectivity index (χ0n) is 12.5. The second kappa shape index (κ2) is 8.59. The Balaban J connectivity index is 1.67. The van der Waals surface area contributed by atoms with Crippen molar-refractivity contribution in [2.45, 2.75) is 32.1 Å². The van der Waals surface area contributed by atoms with Gasteiger partial charge in [0.15, 0.2) is 0 Å². The Kier molecular flexibility index (Phi) is 6.46. The lowest BCUT2D eigenvalue weighted by Crippen LogP contribution is -2.37. The van der Waals surface area contributed by atoms with Gasteiger partial charge in [0.2, 0.25) is 5.91 Å². The molecule has 0 unspecified atom stereocenters. The number of carbonyl (C=O) groups is 2. The van der Waals surface area contributed by atoms with Crippen molar-refractivity contribution in [1.82, 2.24) is 10.6 Å². The molecule has 118 valence electrons. The monoisotopic (exact) mass is 320 g/mol. The van der Waals surface area contributed by atoms with Crippen LogP contribution in [-0.2, 0) is 4.79 Å². The molecule has 2 amide bonds. The summed E-state index contributed by atoms with van der Waals surface area (Å²) in [6, 6.07) is 6.64. The zero-order chi connectivity index (χ0) is 15.8. The first kappa shape index (κ1) is 16.6. The second-order valence-electron chi connectivity index (χ2n) is 5.40. The van der Waals surface area contributed by atoms with E-state index in [9.17, 15) is 9.59 Å². The number of carbonyl (C=O) groups excluding carboxylic acids is 2. The fraction of sp³-hybridized carbons (Fsp3) is 0.412. The topological polar surface area (TPSA) is 58.2 Å². The van der Waals surface area contributed by atoms with E-state index in [4.69, 9.17) is 11.6 Å². The standard InChI is InChI=1S/C17H21ClN2O2/c18-15-8-4-7-14(11-15)17(22)20-12-16(21)19-10-9-13-5-2-1-3-6-13/h4-5,7-8,11H,1-3,6,9-10,12H2,(H,19,21)(H,20,22). The first-order chi connectivity index (χ1) is 10.6. The maximum absolute atomic E-state index is 11.9. The Morgan fingerprint density at radius 1 is 1.18 bits per heavy atom. The molecular weight excluding hydrogens is 300 g/mol. The molecule has 1 aromatic rings. The summed E-state index contributed by atoms with van der Waals surface area (Å²) in [7, 11) is 0. The van der Waals surface area contributed by atoms with Crippen LogP contribution in [0.3, 0.4) is 0 Å². The van der Waals surface area contributed by atoms with Crippen LogP contribution in [0.4, 0.5) is 0 Å². The fourth-order valence-corrected chi connectivity index (χ4v) is 2.64. The maximum Gasteiger partial charge on any atom is 0.251 e. The molecule has 0 heterocycles. The quantitative estimate of drug-likeness (QED) is 0.791. The van der Waals surface area contributed by atoms with E-state index in [-0.39, 0.29) is 18.4 Å². The van der Waals surface area contributed by atoms with E-state index in [0.29, 0.717) is 17.1 Å². The molecule has 0 radical (unpaired) electrons. The van der Waals surface area contributed by atoms with Crippen LogP contribution in [0.25, 0.3) is 0 Å². The van der Waals surface area contributed by atoms with Crippen molar-refractivity contribution >= 4 is 23.4 Å². The van der Waals surface area contributed by atoms with Crippen LogP contribution in [0.1, 0.15) is 42.5 Å². The van der Waals surface area contributed by atoms with Crippen LogP contribution >= 0.6 is 11.6 Å². The van der Waals surface area contributed by atoms with Crippen molar-refractivity contribution in [2.24, 2.45) is 0 Å². The summed E-state index contributed by atoms with van der Waals surface area (Å²) in [4.78, 5) is 23.6. The van der Waals surface area contributed by atoms with Gasteiger partial charge in [0.1, 0.15) is 0 Å². The van der Waals surface area contributed by atoms with Crippen LogP contribution in [-0.4, -0.2) is 24.9 Å². The number of amides is 2. The molecule has 22 heavy (non-hydrogen) atoms. The van der Waals surface area contributed by atoms with Gasteiger partial charge in [0.05, 0.1) is 6.54 Å². The van der Waals surface area contributed by atoms with Crippen LogP contribution in [0.15, 0.2) is 35.9 Å². The van der Waals surface area contributed by atoms with Crippen molar-refractivity contribution in [2.75, 3.05) is 13.1 Å². The van der Waals surface area contributed by atoms with Crippen molar-refractivity contribution in [1.29, 1.82) is 0 Å². The highest BCUT2D eigenvalue weighted by Crippen LogP contribution is 2.19. The highest BCUT2D eigenvalue weighted by atomic mass is 35.5. The van der Waals surface area contributed by atoms with Crippen LogP contribution < -0.4 is 10.6 Å². The lowest BCUT2D eigenvalue weighted by atomic mass is 9.97. The molecule has 2 rings (SSSR count). The average Bonchev–Trinajstić information content (AvgIpc) is 2.53. The smallest absolute Gasteiger partial charge is 0.251 e. The summed E-state index contributed by atoms with van der Waals surface area (Å²) in [5.74, 6) is -0.473. The van der Waals surface area contributed by atoms with Gasteiger partial charge in [-0.1, -0.05) is 29.3 Å². The molecule has 5 heteroatoms. The number of allylic oxidation sites excluding steroid dienone is 1. The second-order valence-corrected chi connectivity index (χ2v) is 5.84. The SMILES string of the molecule is O=C(CNC(=O)c1cccc(Cl)c1)NCCC1=CCCCC1. The molecule has 0 atom stereocenters. The minimum absolute atomic E-state index is 0.0234. The summed E-state index contributed by atoms with van der Waals surface area (Å²) in [5.41, 5.74) is 1.88. The highest BCUT2D eigenvalue weighted by Gasteiger charge is 2.09. The Morgan fingerprint density at radius 3 is 2.77 bits per heavy atom.